The predicted molar refractivity (Wildman–Crippen MR) is 88.7 cm³/mol. The molecule has 0 saturated carbocycles. The van der Waals surface area contributed by atoms with E-state index in [4.69, 9.17) is 9.47 Å². The molecule has 3 rings (SSSR count). The molecule has 0 unspecified atom stereocenters. The Kier molecular flexibility index (Phi) is 4.65. The summed E-state index contributed by atoms with van der Waals surface area (Å²) in [4.78, 5) is 25.5. The molecule has 2 aromatic carbocycles. The summed E-state index contributed by atoms with van der Waals surface area (Å²) in [6.45, 7) is 2.02. The lowest BCUT2D eigenvalue weighted by Gasteiger charge is -2.20. The van der Waals surface area contributed by atoms with Crippen molar-refractivity contribution in [3.05, 3.63) is 54.1 Å². The molecule has 2 aromatic rings. The Hall–Kier alpha value is -3.02. The quantitative estimate of drug-likeness (QED) is 0.916. The topological polar surface area (TPSA) is 67.9 Å². The van der Waals surface area contributed by atoms with E-state index in [0.29, 0.717) is 23.7 Å². The normalized spacial score (nSPS) is 11.9. The lowest BCUT2D eigenvalue weighted by molar-refractivity contribution is -0.133. The van der Waals surface area contributed by atoms with E-state index in [0.717, 1.165) is 5.56 Å². The largest absolute Gasteiger partial charge is 0.454 e. The van der Waals surface area contributed by atoms with Crippen molar-refractivity contribution in [2.45, 2.75) is 13.5 Å². The van der Waals surface area contributed by atoms with Crippen molar-refractivity contribution in [2.75, 3.05) is 18.7 Å². The smallest absolute Gasteiger partial charge is 0.244 e. The summed E-state index contributed by atoms with van der Waals surface area (Å²) in [5, 5.41) is 2.77. The number of anilines is 1. The minimum Gasteiger partial charge on any atom is -0.454 e. The van der Waals surface area contributed by atoms with Gasteiger partial charge in [-0.25, -0.2) is 0 Å². The van der Waals surface area contributed by atoms with Gasteiger partial charge < -0.3 is 19.7 Å². The zero-order chi connectivity index (χ0) is 16.9. The molecular weight excluding hydrogens is 308 g/mol. The van der Waals surface area contributed by atoms with Crippen LogP contribution in [0.15, 0.2) is 48.5 Å². The number of hydrogen-bond donors (Lipinski definition) is 1. The Morgan fingerprint density at radius 2 is 1.83 bits per heavy atom. The Morgan fingerprint density at radius 1 is 1.08 bits per heavy atom. The highest BCUT2D eigenvalue weighted by molar-refractivity contribution is 5.94. The number of hydrogen-bond acceptors (Lipinski definition) is 4. The molecule has 0 bridgehead atoms. The van der Waals surface area contributed by atoms with Crippen LogP contribution in [0.2, 0.25) is 0 Å². The molecule has 24 heavy (non-hydrogen) atoms. The summed E-state index contributed by atoms with van der Waals surface area (Å²) in [5.41, 5.74) is 1.58. The molecule has 1 aliphatic heterocycles. The van der Waals surface area contributed by atoms with Crippen molar-refractivity contribution in [3.8, 4) is 11.5 Å². The van der Waals surface area contributed by atoms with Gasteiger partial charge in [0.15, 0.2) is 11.5 Å². The van der Waals surface area contributed by atoms with Crippen LogP contribution in [0.25, 0.3) is 0 Å². The number of ether oxygens (including phenoxy) is 2. The van der Waals surface area contributed by atoms with Crippen molar-refractivity contribution in [1.82, 2.24) is 4.90 Å². The third-order valence-corrected chi connectivity index (χ3v) is 3.65. The number of fused-ring (bicyclic) bond motifs is 1. The first-order chi connectivity index (χ1) is 11.6. The molecule has 0 spiro atoms. The van der Waals surface area contributed by atoms with Gasteiger partial charge in [0.2, 0.25) is 18.6 Å². The molecule has 0 fully saturated rings. The molecule has 1 N–H and O–H groups in total. The predicted octanol–water partition coefficient (Wildman–Crippen LogP) is 2.40. The van der Waals surface area contributed by atoms with Crippen LogP contribution in [0.3, 0.4) is 0 Å². The molecule has 124 valence electrons. The number of amides is 2. The summed E-state index contributed by atoms with van der Waals surface area (Å²) in [7, 11) is 0. The van der Waals surface area contributed by atoms with Crippen LogP contribution in [-0.2, 0) is 16.1 Å². The standard InChI is InChI=1S/C18H18N2O4/c1-13(21)20(10-14-5-3-2-4-6-14)11-18(22)19-15-7-8-16-17(9-15)24-12-23-16/h2-9H,10-12H2,1H3,(H,19,22). The number of carbonyl (C=O) groups excluding carboxylic acids is 2. The maximum atomic E-state index is 12.2. The minimum atomic E-state index is -0.264. The molecule has 0 radical (unpaired) electrons. The van der Waals surface area contributed by atoms with Crippen LogP contribution >= 0.6 is 0 Å². The van der Waals surface area contributed by atoms with Crippen molar-refractivity contribution >= 4 is 17.5 Å². The monoisotopic (exact) mass is 326 g/mol. The van der Waals surface area contributed by atoms with Crippen molar-refractivity contribution in [3.63, 3.8) is 0 Å². The van der Waals surface area contributed by atoms with E-state index in [1.807, 2.05) is 30.3 Å². The van der Waals surface area contributed by atoms with Gasteiger partial charge in [-0.2, -0.15) is 0 Å². The van der Waals surface area contributed by atoms with E-state index in [1.165, 1.54) is 11.8 Å². The zero-order valence-corrected chi connectivity index (χ0v) is 13.3. The first-order valence-electron chi connectivity index (χ1n) is 7.61. The highest BCUT2D eigenvalue weighted by Crippen LogP contribution is 2.34. The van der Waals surface area contributed by atoms with E-state index in [-0.39, 0.29) is 25.2 Å². The van der Waals surface area contributed by atoms with E-state index >= 15 is 0 Å². The van der Waals surface area contributed by atoms with E-state index in [1.54, 1.807) is 18.2 Å². The van der Waals surface area contributed by atoms with Crippen LogP contribution in [0.5, 0.6) is 11.5 Å². The van der Waals surface area contributed by atoms with E-state index < -0.39 is 0 Å². The second kappa shape index (κ2) is 7.04. The minimum absolute atomic E-state index is 0.0152. The Balaban J connectivity index is 1.62. The van der Waals surface area contributed by atoms with Crippen LogP contribution in [-0.4, -0.2) is 30.1 Å². The fourth-order valence-electron chi connectivity index (χ4n) is 2.43. The molecule has 0 aromatic heterocycles. The van der Waals surface area contributed by atoms with Gasteiger partial charge in [-0.05, 0) is 17.7 Å². The third kappa shape index (κ3) is 3.84. The summed E-state index contributed by atoms with van der Waals surface area (Å²) >= 11 is 0. The van der Waals surface area contributed by atoms with Gasteiger partial charge in [-0.15, -0.1) is 0 Å². The summed E-state index contributed by atoms with van der Waals surface area (Å²) in [6.07, 6.45) is 0. The van der Waals surface area contributed by atoms with Gasteiger partial charge in [0.1, 0.15) is 6.54 Å². The SMILES string of the molecule is CC(=O)N(CC(=O)Nc1ccc2c(c1)OCO2)Cc1ccccc1. The number of carbonyl (C=O) groups is 2. The second-order valence-corrected chi connectivity index (χ2v) is 5.48. The highest BCUT2D eigenvalue weighted by Gasteiger charge is 2.17. The molecule has 0 aliphatic carbocycles. The highest BCUT2D eigenvalue weighted by atomic mass is 16.7. The van der Waals surface area contributed by atoms with Gasteiger partial charge in [-0.1, -0.05) is 30.3 Å². The second-order valence-electron chi connectivity index (χ2n) is 5.48. The lowest BCUT2D eigenvalue weighted by Crippen LogP contribution is -2.36. The zero-order valence-electron chi connectivity index (χ0n) is 13.3. The molecule has 6 heteroatoms. The van der Waals surface area contributed by atoms with Gasteiger partial charge in [-0.3, -0.25) is 9.59 Å². The summed E-state index contributed by atoms with van der Waals surface area (Å²) in [6, 6.07) is 14.7. The van der Waals surface area contributed by atoms with Crippen LogP contribution in [0.1, 0.15) is 12.5 Å². The first kappa shape index (κ1) is 15.9. The van der Waals surface area contributed by atoms with Gasteiger partial charge >= 0.3 is 0 Å². The van der Waals surface area contributed by atoms with Crippen molar-refractivity contribution in [2.24, 2.45) is 0 Å². The Labute approximate surface area is 140 Å². The Morgan fingerprint density at radius 3 is 2.58 bits per heavy atom. The van der Waals surface area contributed by atoms with Gasteiger partial charge in [0.25, 0.3) is 0 Å². The van der Waals surface area contributed by atoms with Gasteiger partial charge in [0.05, 0.1) is 0 Å². The summed E-state index contributed by atoms with van der Waals surface area (Å²) < 4.78 is 10.5. The fourth-order valence-corrected chi connectivity index (χ4v) is 2.43. The summed E-state index contributed by atoms with van der Waals surface area (Å²) in [5.74, 6) is 0.836. The molecule has 2 amide bonds. The first-order valence-corrected chi connectivity index (χ1v) is 7.61. The molecule has 1 aliphatic rings. The van der Waals surface area contributed by atoms with Crippen molar-refractivity contribution in [1.29, 1.82) is 0 Å². The maximum absolute atomic E-state index is 12.2. The van der Waals surface area contributed by atoms with E-state index in [9.17, 15) is 9.59 Å². The van der Waals surface area contributed by atoms with Gasteiger partial charge in [0, 0.05) is 25.2 Å². The third-order valence-electron chi connectivity index (χ3n) is 3.65. The average Bonchev–Trinajstić information content (AvgIpc) is 3.02. The molecular formula is C18H18N2O4. The number of nitrogens with zero attached hydrogens (tertiary/aromatic N) is 1. The maximum Gasteiger partial charge on any atom is 0.244 e. The lowest BCUT2D eigenvalue weighted by atomic mass is 10.2. The molecule has 0 atom stereocenters. The number of rotatable bonds is 5. The Bertz CT molecular complexity index is 746. The van der Waals surface area contributed by atoms with Crippen LogP contribution < -0.4 is 14.8 Å². The average molecular weight is 326 g/mol. The fraction of sp³-hybridized carbons (Fsp3) is 0.222. The van der Waals surface area contributed by atoms with Crippen LogP contribution in [0.4, 0.5) is 5.69 Å². The molecule has 6 nitrogen and oxygen atoms in total. The molecule has 1 heterocycles. The van der Waals surface area contributed by atoms with E-state index in [2.05, 4.69) is 5.32 Å². The number of benzene rings is 2. The number of nitrogens with one attached hydrogen (secondary N) is 1. The van der Waals surface area contributed by atoms with Crippen molar-refractivity contribution < 1.29 is 19.1 Å². The van der Waals surface area contributed by atoms with Crippen LogP contribution in [0, 0.1) is 0 Å². The molecule has 0 saturated heterocycles.